The first-order valence-corrected chi connectivity index (χ1v) is 4.21. The van der Waals surface area contributed by atoms with Crippen molar-refractivity contribution in [3.63, 3.8) is 0 Å². The van der Waals surface area contributed by atoms with Crippen molar-refractivity contribution < 1.29 is 0 Å². The summed E-state index contributed by atoms with van der Waals surface area (Å²) in [4.78, 5) is 5.57. The Morgan fingerprint density at radius 3 is 2.83 bits per heavy atom. The van der Waals surface area contributed by atoms with Gasteiger partial charge in [0.05, 0.1) is 6.20 Å². The average Bonchev–Trinajstić information content (AvgIpc) is 2.58. The maximum atomic E-state index is 5.48. The van der Waals surface area contributed by atoms with Gasteiger partial charge in [0.1, 0.15) is 11.4 Å². The van der Waals surface area contributed by atoms with Crippen LogP contribution in [0.2, 0.25) is 0 Å². The van der Waals surface area contributed by atoms with Crippen molar-refractivity contribution in [2.45, 2.75) is 0 Å². The summed E-state index contributed by atoms with van der Waals surface area (Å²) in [5.41, 5.74) is 7.01. The summed E-state index contributed by atoms with van der Waals surface area (Å²) in [6, 6.07) is 0. The molecule has 0 aliphatic heterocycles. The van der Waals surface area contributed by atoms with E-state index in [-0.39, 0.29) is 0 Å². The van der Waals surface area contributed by atoms with Crippen LogP contribution in [0.25, 0.3) is 11.4 Å². The number of nitrogens with zero attached hydrogens (tertiary/aromatic N) is 4. The molecule has 0 aliphatic carbocycles. The van der Waals surface area contributed by atoms with E-state index >= 15 is 0 Å². The lowest BCUT2D eigenvalue weighted by molar-refractivity contribution is 0.655. The molecule has 5 nitrogen and oxygen atoms in total. The number of hydrogen-bond acceptors (Lipinski definition) is 5. The van der Waals surface area contributed by atoms with E-state index in [1.807, 2.05) is 5.38 Å². The van der Waals surface area contributed by atoms with E-state index < -0.39 is 0 Å². The first-order chi connectivity index (χ1) is 5.75. The lowest BCUT2D eigenvalue weighted by Gasteiger charge is -1.84. The third-order valence-corrected chi connectivity index (χ3v) is 2.06. The molecule has 0 fully saturated rings. The molecule has 2 rings (SSSR count). The molecule has 2 N–H and O–H groups in total. The topological polar surface area (TPSA) is 69.6 Å². The quantitative estimate of drug-likeness (QED) is 0.696. The second kappa shape index (κ2) is 2.56. The second-order valence-corrected chi connectivity index (χ2v) is 3.18. The molecular formula is C6H7N5S. The van der Waals surface area contributed by atoms with Crippen LogP contribution < -0.4 is 5.73 Å². The Kier molecular flexibility index (Phi) is 1.54. The predicted molar refractivity (Wildman–Crippen MR) is 46.5 cm³/mol. The van der Waals surface area contributed by atoms with Gasteiger partial charge in [-0.05, 0) is 0 Å². The molecule has 0 aromatic carbocycles. The number of aryl methyl sites for hydroxylation is 1. The van der Waals surface area contributed by atoms with Crippen molar-refractivity contribution in [2.75, 3.05) is 5.73 Å². The molecule has 0 unspecified atom stereocenters. The van der Waals surface area contributed by atoms with Crippen LogP contribution in [0.15, 0.2) is 11.6 Å². The van der Waals surface area contributed by atoms with Crippen LogP contribution in [0.4, 0.5) is 5.13 Å². The number of nitrogen functional groups attached to an aromatic ring is 1. The van der Waals surface area contributed by atoms with Crippen LogP contribution in [0, 0.1) is 0 Å². The number of thiazole rings is 1. The predicted octanol–water partition coefficient (Wildman–Crippen LogP) is 0.521. The van der Waals surface area contributed by atoms with Gasteiger partial charge in [-0.2, -0.15) is 15.0 Å². The zero-order valence-electron chi connectivity index (χ0n) is 6.43. The van der Waals surface area contributed by atoms with Gasteiger partial charge >= 0.3 is 0 Å². The Bertz CT molecular complexity index is 352. The third-order valence-electron chi connectivity index (χ3n) is 1.38. The highest BCUT2D eigenvalue weighted by Crippen LogP contribution is 2.19. The van der Waals surface area contributed by atoms with Crippen molar-refractivity contribution in [3.8, 4) is 11.4 Å². The summed E-state index contributed by atoms with van der Waals surface area (Å²) in [5, 5.41) is 10.4. The normalized spacial score (nSPS) is 10.4. The summed E-state index contributed by atoms with van der Waals surface area (Å²) < 4.78 is 0. The molecule has 2 aromatic rings. The van der Waals surface area contributed by atoms with E-state index in [2.05, 4.69) is 15.2 Å². The van der Waals surface area contributed by atoms with Gasteiger partial charge in [0, 0.05) is 12.4 Å². The molecule has 12 heavy (non-hydrogen) atoms. The van der Waals surface area contributed by atoms with Crippen molar-refractivity contribution in [2.24, 2.45) is 7.05 Å². The molecule has 0 spiro atoms. The molecule has 2 aromatic heterocycles. The monoisotopic (exact) mass is 181 g/mol. The Labute approximate surface area is 72.8 Å². The van der Waals surface area contributed by atoms with E-state index in [4.69, 9.17) is 5.73 Å². The summed E-state index contributed by atoms with van der Waals surface area (Å²) >= 11 is 1.40. The minimum absolute atomic E-state index is 0.552. The van der Waals surface area contributed by atoms with Crippen molar-refractivity contribution >= 4 is 16.5 Å². The minimum atomic E-state index is 0.552. The molecular weight excluding hydrogens is 174 g/mol. The standard InChI is InChI=1S/C6H7N5S/c1-11-8-2-4(10-11)5-3-12-6(7)9-5/h2-3H,1H3,(H2,7,9). The number of anilines is 1. The Hall–Kier alpha value is -1.43. The van der Waals surface area contributed by atoms with Crippen molar-refractivity contribution in [1.29, 1.82) is 0 Å². The highest BCUT2D eigenvalue weighted by molar-refractivity contribution is 7.13. The van der Waals surface area contributed by atoms with Gasteiger partial charge in [-0.1, -0.05) is 0 Å². The highest BCUT2D eigenvalue weighted by atomic mass is 32.1. The number of hydrogen-bond donors (Lipinski definition) is 1. The van der Waals surface area contributed by atoms with Crippen LogP contribution in [0.3, 0.4) is 0 Å². The molecule has 0 amide bonds. The smallest absolute Gasteiger partial charge is 0.180 e. The lowest BCUT2D eigenvalue weighted by atomic mass is 10.4. The van der Waals surface area contributed by atoms with Crippen LogP contribution in [0.5, 0.6) is 0 Å². The van der Waals surface area contributed by atoms with Crippen LogP contribution in [-0.4, -0.2) is 20.0 Å². The number of rotatable bonds is 1. The molecule has 6 heteroatoms. The van der Waals surface area contributed by atoms with E-state index in [1.54, 1.807) is 13.2 Å². The Morgan fingerprint density at radius 1 is 1.50 bits per heavy atom. The largest absolute Gasteiger partial charge is 0.375 e. The SMILES string of the molecule is Cn1ncc(-c2csc(N)n2)n1. The average molecular weight is 181 g/mol. The fraction of sp³-hybridized carbons (Fsp3) is 0.167. The Morgan fingerprint density at radius 2 is 2.33 bits per heavy atom. The molecule has 0 bridgehead atoms. The van der Waals surface area contributed by atoms with Gasteiger partial charge in [0.2, 0.25) is 0 Å². The maximum Gasteiger partial charge on any atom is 0.180 e. The van der Waals surface area contributed by atoms with Gasteiger partial charge in [-0.25, -0.2) is 4.98 Å². The highest BCUT2D eigenvalue weighted by Gasteiger charge is 2.05. The van der Waals surface area contributed by atoms with Crippen LogP contribution in [0.1, 0.15) is 0 Å². The maximum absolute atomic E-state index is 5.48. The fourth-order valence-corrected chi connectivity index (χ4v) is 1.43. The lowest BCUT2D eigenvalue weighted by Crippen LogP contribution is -1.91. The molecule has 0 saturated carbocycles. The van der Waals surface area contributed by atoms with Gasteiger partial charge in [0.15, 0.2) is 5.13 Å². The summed E-state index contributed by atoms with van der Waals surface area (Å²) in [5.74, 6) is 0. The molecule has 0 atom stereocenters. The van der Waals surface area contributed by atoms with Gasteiger partial charge in [0.25, 0.3) is 0 Å². The van der Waals surface area contributed by atoms with E-state index in [0.717, 1.165) is 11.4 Å². The molecule has 2 heterocycles. The van der Waals surface area contributed by atoms with E-state index in [9.17, 15) is 0 Å². The molecule has 0 saturated heterocycles. The number of aromatic nitrogens is 4. The zero-order valence-corrected chi connectivity index (χ0v) is 7.25. The number of nitrogens with two attached hydrogens (primary N) is 1. The summed E-state index contributed by atoms with van der Waals surface area (Å²) in [6.45, 7) is 0. The van der Waals surface area contributed by atoms with Gasteiger partial charge < -0.3 is 5.73 Å². The molecule has 0 radical (unpaired) electrons. The second-order valence-electron chi connectivity index (χ2n) is 2.29. The van der Waals surface area contributed by atoms with Gasteiger partial charge in [-0.3, -0.25) is 0 Å². The molecule has 62 valence electrons. The zero-order chi connectivity index (χ0) is 8.55. The van der Waals surface area contributed by atoms with E-state index in [0.29, 0.717) is 5.13 Å². The van der Waals surface area contributed by atoms with Crippen molar-refractivity contribution in [3.05, 3.63) is 11.6 Å². The summed E-state index contributed by atoms with van der Waals surface area (Å²) in [6.07, 6.45) is 1.66. The Balaban J connectivity index is 2.43. The first kappa shape index (κ1) is 7.23. The first-order valence-electron chi connectivity index (χ1n) is 3.33. The minimum Gasteiger partial charge on any atom is -0.375 e. The van der Waals surface area contributed by atoms with E-state index in [1.165, 1.54) is 16.1 Å². The fourth-order valence-electron chi connectivity index (χ4n) is 0.868. The van der Waals surface area contributed by atoms with Crippen LogP contribution >= 0.6 is 11.3 Å². The third kappa shape index (κ3) is 1.16. The summed E-state index contributed by atoms with van der Waals surface area (Å²) in [7, 11) is 1.76. The molecule has 0 aliphatic rings. The van der Waals surface area contributed by atoms with Crippen LogP contribution in [-0.2, 0) is 7.05 Å². The van der Waals surface area contributed by atoms with Gasteiger partial charge in [-0.15, -0.1) is 11.3 Å². The van der Waals surface area contributed by atoms with Crippen molar-refractivity contribution in [1.82, 2.24) is 20.0 Å².